The molecule has 0 aliphatic rings. The topological polar surface area (TPSA) is 187 Å². The molecule has 1 heterocycles. The third-order valence-electron chi connectivity index (χ3n) is 7.70. The SMILES string of the molecule is CC(C)CC(NC(=O)C(N)Cc1ccccc1)C(=O)NC(Cc1c[nH]c2ccccc12)C(=O)NC(Cc1ccc(O)cc1)C(=O)O. The van der Waals surface area contributed by atoms with Crippen LogP contribution in [-0.4, -0.2) is 63.1 Å². The summed E-state index contributed by atoms with van der Waals surface area (Å²) in [7, 11) is 0. The van der Waals surface area contributed by atoms with Gasteiger partial charge >= 0.3 is 5.97 Å². The number of aromatic hydroxyl groups is 1. The average molecular weight is 628 g/mol. The van der Waals surface area contributed by atoms with Crippen LogP contribution in [0.4, 0.5) is 0 Å². The predicted molar refractivity (Wildman–Crippen MR) is 175 cm³/mol. The maximum absolute atomic E-state index is 13.8. The number of H-pyrrole nitrogens is 1. The molecule has 4 atom stereocenters. The Bertz CT molecular complexity index is 1640. The van der Waals surface area contributed by atoms with E-state index in [1.54, 1.807) is 18.3 Å². The fourth-order valence-electron chi connectivity index (χ4n) is 5.28. The number of benzene rings is 3. The van der Waals surface area contributed by atoms with Crippen LogP contribution in [0.5, 0.6) is 5.75 Å². The van der Waals surface area contributed by atoms with Gasteiger partial charge in [0, 0.05) is 29.9 Å². The van der Waals surface area contributed by atoms with Gasteiger partial charge in [-0.15, -0.1) is 0 Å². The smallest absolute Gasteiger partial charge is 0.326 e. The van der Waals surface area contributed by atoms with Crippen molar-refractivity contribution in [1.82, 2.24) is 20.9 Å². The number of nitrogens with two attached hydrogens (primary N) is 1. The van der Waals surface area contributed by atoms with Crippen molar-refractivity contribution in [2.45, 2.75) is 63.7 Å². The maximum Gasteiger partial charge on any atom is 0.326 e. The molecule has 8 N–H and O–H groups in total. The molecule has 4 aromatic rings. The number of phenolic OH excluding ortho intramolecular Hbond substituents is 1. The quantitative estimate of drug-likeness (QED) is 0.106. The van der Waals surface area contributed by atoms with Crippen LogP contribution >= 0.6 is 0 Å². The van der Waals surface area contributed by atoms with Crippen LogP contribution in [0.1, 0.15) is 37.0 Å². The molecule has 0 aliphatic carbocycles. The van der Waals surface area contributed by atoms with E-state index in [1.807, 2.05) is 68.4 Å². The Balaban J connectivity index is 1.54. The van der Waals surface area contributed by atoms with Crippen LogP contribution in [0.15, 0.2) is 85.1 Å². The molecule has 11 nitrogen and oxygen atoms in total. The first kappa shape index (κ1) is 33.7. The first-order chi connectivity index (χ1) is 22.0. The zero-order valence-corrected chi connectivity index (χ0v) is 25.9. The number of amides is 3. The highest BCUT2D eigenvalue weighted by Gasteiger charge is 2.31. The van der Waals surface area contributed by atoms with Gasteiger partial charge in [0.1, 0.15) is 23.9 Å². The van der Waals surface area contributed by atoms with E-state index < -0.39 is 47.9 Å². The molecule has 1 aromatic heterocycles. The molecular formula is C35H41N5O6. The second-order valence-electron chi connectivity index (χ2n) is 11.9. The predicted octanol–water partition coefficient (Wildman–Crippen LogP) is 2.81. The van der Waals surface area contributed by atoms with Gasteiger partial charge in [-0.25, -0.2) is 4.79 Å². The Morgan fingerprint density at radius 2 is 1.30 bits per heavy atom. The monoisotopic (exact) mass is 627 g/mol. The third kappa shape index (κ3) is 9.42. The van der Waals surface area contributed by atoms with Crippen LogP contribution in [0.2, 0.25) is 0 Å². The van der Waals surface area contributed by atoms with Crippen LogP contribution in [0.3, 0.4) is 0 Å². The minimum Gasteiger partial charge on any atom is -0.508 e. The van der Waals surface area contributed by atoms with Crippen molar-refractivity contribution in [3.63, 3.8) is 0 Å². The average Bonchev–Trinajstić information content (AvgIpc) is 3.43. The van der Waals surface area contributed by atoms with Gasteiger partial charge in [-0.05, 0) is 53.6 Å². The number of aromatic amines is 1. The summed E-state index contributed by atoms with van der Waals surface area (Å²) in [6.45, 7) is 3.82. The number of para-hydroxylation sites is 1. The van der Waals surface area contributed by atoms with Gasteiger partial charge in [-0.1, -0.05) is 74.5 Å². The van der Waals surface area contributed by atoms with E-state index in [-0.39, 0.29) is 37.4 Å². The summed E-state index contributed by atoms with van der Waals surface area (Å²) >= 11 is 0. The zero-order chi connectivity index (χ0) is 33.2. The highest BCUT2D eigenvalue weighted by atomic mass is 16.4. The summed E-state index contributed by atoms with van der Waals surface area (Å²) in [6, 6.07) is 18.5. The lowest BCUT2D eigenvalue weighted by Crippen LogP contribution is -2.58. The van der Waals surface area contributed by atoms with Gasteiger partial charge < -0.3 is 36.9 Å². The van der Waals surface area contributed by atoms with E-state index in [2.05, 4.69) is 20.9 Å². The summed E-state index contributed by atoms with van der Waals surface area (Å²) in [5.74, 6) is -2.98. The summed E-state index contributed by atoms with van der Waals surface area (Å²) in [4.78, 5) is 55.9. The molecule has 0 aliphatic heterocycles. The lowest BCUT2D eigenvalue weighted by Gasteiger charge is -2.26. The molecule has 4 rings (SSSR count). The normalized spacial score (nSPS) is 13.8. The van der Waals surface area contributed by atoms with Gasteiger partial charge in [0.25, 0.3) is 0 Å². The molecule has 0 bridgehead atoms. The Labute approximate surface area is 267 Å². The molecule has 0 fully saturated rings. The van der Waals surface area contributed by atoms with Crippen molar-refractivity contribution in [1.29, 1.82) is 0 Å². The Morgan fingerprint density at radius 1 is 0.717 bits per heavy atom. The minimum atomic E-state index is -1.30. The third-order valence-corrected chi connectivity index (χ3v) is 7.70. The molecule has 4 unspecified atom stereocenters. The number of carbonyl (C=O) groups excluding carboxylic acids is 3. The minimum absolute atomic E-state index is 0.0176. The van der Waals surface area contributed by atoms with E-state index in [4.69, 9.17) is 5.73 Å². The second-order valence-corrected chi connectivity index (χ2v) is 11.9. The van der Waals surface area contributed by atoms with Gasteiger partial charge in [-0.3, -0.25) is 14.4 Å². The highest BCUT2D eigenvalue weighted by molar-refractivity contribution is 5.95. The number of phenols is 1. The van der Waals surface area contributed by atoms with Crippen molar-refractivity contribution in [2.75, 3.05) is 0 Å². The Kier molecular flexibility index (Phi) is 11.5. The zero-order valence-electron chi connectivity index (χ0n) is 25.9. The number of carboxylic acid groups (broad SMARTS) is 1. The van der Waals surface area contributed by atoms with Crippen LogP contribution in [-0.2, 0) is 38.4 Å². The number of carboxylic acids is 1. The molecule has 3 aromatic carbocycles. The Hall–Kier alpha value is -5.16. The van der Waals surface area contributed by atoms with E-state index in [1.165, 1.54) is 12.1 Å². The first-order valence-electron chi connectivity index (χ1n) is 15.3. The molecule has 242 valence electrons. The van der Waals surface area contributed by atoms with Gasteiger partial charge in [0.2, 0.25) is 17.7 Å². The Morgan fingerprint density at radius 3 is 1.98 bits per heavy atom. The van der Waals surface area contributed by atoms with Gasteiger partial charge in [0.15, 0.2) is 0 Å². The largest absolute Gasteiger partial charge is 0.508 e. The van der Waals surface area contributed by atoms with E-state index in [0.717, 1.165) is 22.0 Å². The van der Waals surface area contributed by atoms with Gasteiger partial charge in [-0.2, -0.15) is 0 Å². The molecule has 0 saturated carbocycles. The fraction of sp³-hybridized carbons (Fsp3) is 0.314. The molecule has 0 saturated heterocycles. The molecule has 3 amide bonds. The molecular weight excluding hydrogens is 586 g/mol. The van der Waals surface area contributed by atoms with Gasteiger partial charge in [0.05, 0.1) is 6.04 Å². The molecule has 11 heteroatoms. The summed E-state index contributed by atoms with van der Waals surface area (Å²) in [5, 5.41) is 28.5. The van der Waals surface area contributed by atoms with Crippen molar-refractivity contribution < 1.29 is 29.4 Å². The van der Waals surface area contributed by atoms with Crippen molar-refractivity contribution in [2.24, 2.45) is 11.7 Å². The van der Waals surface area contributed by atoms with Crippen LogP contribution < -0.4 is 21.7 Å². The fourth-order valence-corrected chi connectivity index (χ4v) is 5.28. The number of nitrogens with one attached hydrogen (secondary N) is 4. The van der Waals surface area contributed by atoms with Crippen molar-refractivity contribution in [3.05, 3.63) is 102 Å². The number of rotatable bonds is 15. The van der Waals surface area contributed by atoms with E-state index in [9.17, 15) is 29.4 Å². The molecule has 0 radical (unpaired) electrons. The lowest BCUT2D eigenvalue weighted by atomic mass is 9.99. The first-order valence-corrected chi connectivity index (χ1v) is 15.3. The second kappa shape index (κ2) is 15.7. The summed E-state index contributed by atoms with van der Waals surface area (Å²) in [6.07, 6.45) is 2.34. The van der Waals surface area contributed by atoms with Crippen LogP contribution in [0, 0.1) is 5.92 Å². The molecule has 0 spiro atoms. The van der Waals surface area contributed by atoms with Crippen molar-refractivity contribution >= 4 is 34.6 Å². The van der Waals surface area contributed by atoms with Crippen molar-refractivity contribution in [3.8, 4) is 5.75 Å². The molecule has 46 heavy (non-hydrogen) atoms. The maximum atomic E-state index is 13.8. The number of fused-ring (bicyclic) bond motifs is 1. The highest BCUT2D eigenvalue weighted by Crippen LogP contribution is 2.20. The number of hydrogen-bond donors (Lipinski definition) is 7. The number of carbonyl (C=O) groups is 4. The number of hydrogen-bond acceptors (Lipinski definition) is 6. The standard InChI is InChI=1S/C35H41N5O6/c1-21(2)16-29(38-32(42)27(36)17-22-8-4-3-5-9-22)33(43)39-30(19-24-20-37-28-11-7-6-10-26(24)28)34(44)40-31(35(45)46)18-23-12-14-25(41)15-13-23/h3-15,20-21,27,29-31,37,41H,16-19,36H2,1-2H3,(H,38,42)(H,39,43)(H,40,44)(H,45,46). The van der Waals surface area contributed by atoms with Crippen LogP contribution in [0.25, 0.3) is 10.9 Å². The number of aliphatic carboxylic acids is 1. The summed E-state index contributed by atoms with van der Waals surface area (Å²) < 4.78 is 0. The lowest BCUT2D eigenvalue weighted by molar-refractivity contribution is -0.142. The number of aromatic nitrogens is 1. The van der Waals surface area contributed by atoms with E-state index >= 15 is 0 Å². The summed E-state index contributed by atoms with van der Waals surface area (Å²) in [5.41, 5.74) is 9.26. The van der Waals surface area contributed by atoms with E-state index in [0.29, 0.717) is 5.56 Å².